The minimum atomic E-state index is -1.73. The number of amides is 10. The van der Waals surface area contributed by atoms with E-state index in [1.165, 1.54) is 58.3 Å². The van der Waals surface area contributed by atoms with Crippen molar-refractivity contribution in [3.8, 4) is 11.5 Å². The number of aliphatic hydroxyl groups excluding tert-OH is 2. The van der Waals surface area contributed by atoms with Crippen molar-refractivity contribution in [1.29, 1.82) is 0 Å². The number of nitrogens with zero attached hydrogens (tertiary/aromatic N) is 3. The second-order valence-electron chi connectivity index (χ2n) is 22.2. The Kier molecular flexibility index (Phi) is 27.2. The molecule has 0 aliphatic carbocycles. The minimum absolute atomic E-state index is 0.0105. The van der Waals surface area contributed by atoms with E-state index in [1.807, 2.05) is 0 Å². The van der Waals surface area contributed by atoms with Gasteiger partial charge in [-0.3, -0.25) is 52.9 Å². The van der Waals surface area contributed by atoms with Crippen LogP contribution in [0.2, 0.25) is 0 Å². The maximum absolute atomic E-state index is 14.9. The lowest BCUT2D eigenvalue weighted by Crippen LogP contribution is -2.62. The monoisotopic (exact) mass is 1210 g/mol. The molecule has 29 heteroatoms. The number of hydrogen-bond donors (Lipinski definition) is 16. The molecule has 0 saturated carbocycles. The van der Waals surface area contributed by atoms with Gasteiger partial charge in [-0.1, -0.05) is 38.1 Å². The van der Waals surface area contributed by atoms with Crippen molar-refractivity contribution < 1.29 is 68.4 Å². The van der Waals surface area contributed by atoms with Crippen LogP contribution in [0.25, 0.3) is 0 Å². The van der Waals surface area contributed by atoms with Crippen molar-refractivity contribution >= 4 is 65.0 Å². The first-order chi connectivity index (χ1) is 41.1. The number of hydrogen-bond acceptors (Lipinski definition) is 17. The molecule has 0 spiro atoms. The Morgan fingerprint density at radius 3 is 1.34 bits per heavy atom. The summed E-state index contributed by atoms with van der Waals surface area (Å²) >= 11 is 0. The average molecular weight is 1210 g/mol. The number of benzene rings is 2. The Bertz CT molecular complexity index is 2680. The number of nitrogens with two attached hydrogens (primary N) is 4. The standard InChI is InChI=1S/C57H87N15O14/c1-32(2)46-54(84)65-39(12-7-25-62-57(60)61)48(78)63-37(10-3-5-23-58)47(77)64-38(11-4-6-24-59)49(79)68-42(30-73)51(81)67-41(29-34-17-21-36(76)22-18-34)55(85)72-27-9-14-45(72)56(86)71-26-8-13-44(71)53(83)66-40(28-33-15-19-35(75)20-16-33)50(80)69-43(31-74)52(82)70-46/h15-22,32,37-46,73-76H,3-14,23-31,58-59H2,1-2H3,(H,63,78)(H,64,77)(H,65,84)(H,66,83)(H,67,81)(H,68,79)(H,69,80)(H,70,82)(H4,60,61,62)/t37-,38-,39-,40-,41-,42-,43-,44-,45+,46-/m0/s1. The summed E-state index contributed by atoms with van der Waals surface area (Å²) in [4.78, 5) is 151. The van der Waals surface area contributed by atoms with Crippen LogP contribution in [0.1, 0.15) is 102 Å². The fourth-order valence-electron chi connectivity index (χ4n) is 10.5. The third kappa shape index (κ3) is 20.3. The normalized spacial score (nSPS) is 25.6. The van der Waals surface area contributed by atoms with E-state index in [1.54, 1.807) is 13.8 Å². The molecule has 2 aromatic rings. The minimum Gasteiger partial charge on any atom is -0.508 e. The Balaban J connectivity index is 1.58. The summed E-state index contributed by atoms with van der Waals surface area (Å²) < 4.78 is 0. The van der Waals surface area contributed by atoms with Gasteiger partial charge < -0.3 is 95.7 Å². The largest absolute Gasteiger partial charge is 0.508 e. The number of carbonyl (C=O) groups excluding carboxylic acids is 10. The summed E-state index contributed by atoms with van der Waals surface area (Å²) in [5.74, 6) is -9.70. The first-order valence-electron chi connectivity index (χ1n) is 29.4. The molecule has 474 valence electrons. The molecule has 0 aromatic heterocycles. The fourth-order valence-corrected chi connectivity index (χ4v) is 10.5. The van der Waals surface area contributed by atoms with Gasteiger partial charge in [0.05, 0.1) is 13.2 Å². The molecule has 3 aliphatic rings. The van der Waals surface area contributed by atoms with E-state index in [9.17, 15) is 68.4 Å². The van der Waals surface area contributed by atoms with Gasteiger partial charge in [-0.05, 0) is 131 Å². The van der Waals surface area contributed by atoms with Gasteiger partial charge in [0, 0.05) is 32.5 Å². The lowest BCUT2D eigenvalue weighted by atomic mass is 10.0. The highest BCUT2D eigenvalue weighted by atomic mass is 16.3. The second kappa shape index (κ2) is 34.1. The average Bonchev–Trinajstić information content (AvgIpc) is 2.17. The number of guanidine groups is 1. The van der Waals surface area contributed by atoms with Gasteiger partial charge in [0.2, 0.25) is 59.1 Å². The lowest BCUT2D eigenvalue weighted by molar-refractivity contribution is -0.148. The SMILES string of the molecule is CC(C)[C@@H]1NC(=O)[C@H](CO)NC(=O)[C@H](Cc2ccc(O)cc2)NC(=O)[C@@H]2CCCN2C(=O)[C@H]2CCCN2C(=O)[C@H](Cc2ccc(O)cc2)NC(=O)[C@H](CO)NC(=O)[C@H](CCCCN)NC(=O)[C@H](CCCCN)NC(=O)[C@H](CCCN=C(N)N)NC1=O. The van der Waals surface area contributed by atoms with E-state index in [0.29, 0.717) is 49.7 Å². The Morgan fingerprint density at radius 2 is 0.872 bits per heavy atom. The van der Waals surface area contributed by atoms with Gasteiger partial charge in [-0.15, -0.1) is 0 Å². The first kappa shape index (κ1) is 68.6. The Labute approximate surface area is 499 Å². The Hall–Kier alpha value is -8.15. The van der Waals surface area contributed by atoms with Crippen LogP contribution in [0, 0.1) is 5.92 Å². The van der Waals surface area contributed by atoms with Crippen LogP contribution in [0.3, 0.4) is 0 Å². The lowest BCUT2D eigenvalue weighted by Gasteiger charge is -2.34. The van der Waals surface area contributed by atoms with Gasteiger partial charge in [0.1, 0.15) is 71.9 Å². The predicted octanol–water partition coefficient (Wildman–Crippen LogP) is -4.29. The van der Waals surface area contributed by atoms with Gasteiger partial charge in [0.15, 0.2) is 5.96 Å². The number of aliphatic hydroxyl groups is 2. The topological polar surface area (TPSA) is 471 Å². The molecular weight excluding hydrogens is 1120 g/mol. The van der Waals surface area contributed by atoms with E-state index in [4.69, 9.17) is 22.9 Å². The molecular formula is C57H87N15O14. The molecule has 86 heavy (non-hydrogen) atoms. The van der Waals surface area contributed by atoms with Crippen molar-refractivity contribution in [3.05, 3.63) is 59.7 Å². The first-order valence-corrected chi connectivity index (χ1v) is 29.4. The zero-order valence-electron chi connectivity index (χ0n) is 48.8. The smallest absolute Gasteiger partial charge is 0.246 e. The molecule has 10 amide bonds. The van der Waals surface area contributed by atoms with Crippen LogP contribution in [0.4, 0.5) is 0 Å². The highest BCUT2D eigenvalue weighted by Gasteiger charge is 2.45. The van der Waals surface area contributed by atoms with Crippen LogP contribution >= 0.6 is 0 Å². The summed E-state index contributed by atoms with van der Waals surface area (Å²) in [7, 11) is 0. The van der Waals surface area contributed by atoms with Crippen molar-refractivity contribution in [1.82, 2.24) is 52.3 Å². The van der Waals surface area contributed by atoms with E-state index in [2.05, 4.69) is 47.5 Å². The van der Waals surface area contributed by atoms with Crippen LogP contribution in [-0.2, 0) is 60.8 Å². The molecule has 10 atom stereocenters. The number of fused-ring (bicyclic) bond motifs is 2. The van der Waals surface area contributed by atoms with Gasteiger partial charge in [0.25, 0.3) is 0 Å². The predicted molar refractivity (Wildman–Crippen MR) is 313 cm³/mol. The van der Waals surface area contributed by atoms with Crippen molar-refractivity contribution in [2.24, 2.45) is 33.8 Å². The molecule has 3 aliphatic heterocycles. The zero-order valence-corrected chi connectivity index (χ0v) is 48.8. The summed E-state index contributed by atoms with van der Waals surface area (Å²) in [5.41, 5.74) is 23.6. The molecule has 0 unspecified atom stereocenters. The van der Waals surface area contributed by atoms with Crippen LogP contribution in [-0.4, -0.2) is 202 Å². The summed E-state index contributed by atoms with van der Waals surface area (Å²) in [6.45, 7) is 1.77. The molecule has 3 saturated heterocycles. The molecule has 3 fully saturated rings. The van der Waals surface area contributed by atoms with Crippen LogP contribution in [0.5, 0.6) is 11.5 Å². The van der Waals surface area contributed by atoms with Gasteiger partial charge in [-0.2, -0.15) is 0 Å². The quantitative estimate of drug-likeness (QED) is 0.0360. The zero-order chi connectivity index (χ0) is 63.0. The number of unbranched alkanes of at least 4 members (excludes halogenated alkanes) is 2. The van der Waals surface area contributed by atoms with E-state index < -0.39 is 139 Å². The number of aromatic hydroxyl groups is 2. The fraction of sp³-hybridized carbons (Fsp3) is 0.596. The maximum Gasteiger partial charge on any atom is 0.246 e. The number of carbonyl (C=O) groups is 10. The third-order valence-corrected chi connectivity index (χ3v) is 15.3. The molecule has 5 rings (SSSR count). The molecule has 3 heterocycles. The molecule has 2 aromatic carbocycles. The molecule has 29 nitrogen and oxygen atoms in total. The van der Waals surface area contributed by atoms with Crippen LogP contribution in [0.15, 0.2) is 53.5 Å². The Morgan fingerprint density at radius 1 is 0.488 bits per heavy atom. The maximum atomic E-state index is 14.9. The number of nitrogens with one attached hydrogen (secondary N) is 8. The van der Waals surface area contributed by atoms with Gasteiger partial charge >= 0.3 is 0 Å². The van der Waals surface area contributed by atoms with Crippen molar-refractivity contribution in [2.75, 3.05) is 45.9 Å². The molecule has 0 radical (unpaired) electrons. The highest BCUT2D eigenvalue weighted by molar-refractivity contribution is 6.00. The number of rotatable bonds is 19. The number of phenolic OH excluding ortho intramolecular Hbond substituents is 2. The summed E-state index contributed by atoms with van der Waals surface area (Å²) in [6.07, 6.45) is 1.95. The van der Waals surface area contributed by atoms with Gasteiger partial charge in [-0.25, -0.2) is 0 Å². The summed E-state index contributed by atoms with van der Waals surface area (Å²) in [6, 6.07) is -2.76. The van der Waals surface area contributed by atoms with Crippen LogP contribution < -0.4 is 65.5 Å². The molecule has 20 N–H and O–H groups in total. The van der Waals surface area contributed by atoms with E-state index >= 15 is 0 Å². The third-order valence-electron chi connectivity index (χ3n) is 15.3. The van der Waals surface area contributed by atoms with Crippen molar-refractivity contribution in [2.45, 2.75) is 164 Å². The second-order valence-corrected chi connectivity index (χ2v) is 22.2. The van der Waals surface area contributed by atoms with Crippen molar-refractivity contribution in [3.63, 3.8) is 0 Å². The summed E-state index contributed by atoms with van der Waals surface area (Å²) in [5, 5.41) is 62.3. The number of phenols is 2. The number of aliphatic imine (C=N–C) groups is 1. The van der Waals surface area contributed by atoms with E-state index in [0.717, 1.165) is 0 Å². The highest BCUT2D eigenvalue weighted by Crippen LogP contribution is 2.27. The molecule has 0 bridgehead atoms. The van der Waals surface area contributed by atoms with E-state index in [-0.39, 0.29) is 102 Å².